The van der Waals surface area contributed by atoms with Crippen molar-refractivity contribution < 1.29 is 13.2 Å². The number of nitrogens with zero attached hydrogens (tertiary/aromatic N) is 1. The summed E-state index contributed by atoms with van der Waals surface area (Å²) >= 11 is 0. The van der Waals surface area contributed by atoms with Crippen LogP contribution in [0, 0.1) is 0 Å². The van der Waals surface area contributed by atoms with Gasteiger partial charge < -0.3 is 10.2 Å². The minimum absolute atomic E-state index is 0.158. The van der Waals surface area contributed by atoms with Crippen molar-refractivity contribution in [2.24, 2.45) is 0 Å². The Morgan fingerprint density at radius 2 is 1.90 bits per heavy atom. The van der Waals surface area contributed by atoms with E-state index in [2.05, 4.69) is 10.2 Å². The lowest BCUT2D eigenvalue weighted by atomic mass is 10.0. The molecule has 1 aliphatic rings. The molecule has 1 aromatic rings. The largest absolute Gasteiger partial charge is 0.364 e. The molecule has 0 radical (unpaired) electrons. The number of benzene rings is 1. The molecule has 1 aliphatic heterocycles. The zero-order chi connectivity index (χ0) is 15.1. The Hall–Kier alpha value is -1.56. The van der Waals surface area contributed by atoms with Crippen molar-refractivity contribution >= 4 is 27.1 Å². The first-order chi connectivity index (χ1) is 9.10. The molecule has 5 nitrogen and oxygen atoms in total. The van der Waals surface area contributed by atoms with Crippen molar-refractivity contribution in [3.63, 3.8) is 0 Å². The zero-order valence-electron chi connectivity index (χ0n) is 12.2. The number of carbonyl (C=O) groups excluding carboxylic acids is 1. The predicted octanol–water partition coefficient (Wildman–Crippen LogP) is 2.04. The van der Waals surface area contributed by atoms with Gasteiger partial charge in [0, 0.05) is 24.8 Å². The van der Waals surface area contributed by atoms with E-state index in [9.17, 15) is 13.2 Å². The average molecular weight is 296 g/mol. The van der Waals surface area contributed by atoms with Gasteiger partial charge in [-0.2, -0.15) is 0 Å². The highest BCUT2D eigenvalue weighted by Crippen LogP contribution is 2.37. The van der Waals surface area contributed by atoms with E-state index in [4.69, 9.17) is 0 Å². The van der Waals surface area contributed by atoms with E-state index >= 15 is 0 Å². The Labute approximate surface area is 119 Å². The summed E-state index contributed by atoms with van der Waals surface area (Å²) in [5.74, 6) is -0.158. The topological polar surface area (TPSA) is 66.5 Å². The highest BCUT2D eigenvalue weighted by molar-refractivity contribution is 7.90. The van der Waals surface area contributed by atoms with Crippen molar-refractivity contribution in [2.75, 3.05) is 23.0 Å². The maximum absolute atomic E-state index is 11.9. The van der Waals surface area contributed by atoms with Crippen LogP contribution < -0.4 is 10.2 Å². The minimum atomic E-state index is -3.39. The Kier molecular flexibility index (Phi) is 3.54. The number of sulfone groups is 1. The third-order valence-electron chi connectivity index (χ3n) is 3.33. The van der Waals surface area contributed by atoms with Crippen molar-refractivity contribution in [1.82, 2.24) is 0 Å². The molecule has 0 aromatic heterocycles. The van der Waals surface area contributed by atoms with E-state index in [-0.39, 0.29) is 16.3 Å². The van der Waals surface area contributed by atoms with Gasteiger partial charge in [0.15, 0.2) is 9.84 Å². The Morgan fingerprint density at radius 3 is 2.45 bits per heavy atom. The van der Waals surface area contributed by atoms with Crippen LogP contribution in [0.3, 0.4) is 0 Å². The number of anilines is 2. The lowest BCUT2D eigenvalue weighted by Crippen LogP contribution is -2.42. The van der Waals surface area contributed by atoms with Crippen LogP contribution in [-0.2, 0) is 14.6 Å². The van der Waals surface area contributed by atoms with Crippen molar-refractivity contribution in [3.8, 4) is 0 Å². The molecule has 110 valence electrons. The van der Waals surface area contributed by atoms with E-state index < -0.39 is 9.84 Å². The van der Waals surface area contributed by atoms with E-state index in [0.717, 1.165) is 11.9 Å². The molecule has 1 aromatic carbocycles. The molecule has 0 saturated carbocycles. The Bertz CT molecular complexity index is 645. The second kappa shape index (κ2) is 4.77. The fourth-order valence-corrected chi connectivity index (χ4v) is 3.26. The predicted molar refractivity (Wildman–Crippen MR) is 79.9 cm³/mol. The fraction of sp³-hybridized carbons (Fsp3) is 0.500. The summed E-state index contributed by atoms with van der Waals surface area (Å²) < 4.78 is 23.8. The van der Waals surface area contributed by atoms with Gasteiger partial charge >= 0.3 is 0 Å². The number of hydrogen-bond donors (Lipinski definition) is 1. The smallest absolute Gasteiger partial charge is 0.226 e. The highest BCUT2D eigenvalue weighted by Gasteiger charge is 2.30. The molecule has 0 aliphatic carbocycles. The summed E-state index contributed by atoms with van der Waals surface area (Å²) in [6.45, 7) is 6.69. The second-order valence-corrected chi connectivity index (χ2v) is 8.03. The number of hydrogen-bond acceptors (Lipinski definition) is 4. The molecule has 20 heavy (non-hydrogen) atoms. The second-order valence-electron chi connectivity index (χ2n) is 6.04. The molecule has 0 saturated heterocycles. The standard InChI is InChI=1S/C14H20N2O3S/c1-14(2,3)16-9-8-12(17)15-13-10(16)6-5-7-11(13)20(4,18)19/h5-7H,8-9H2,1-4H3,(H,15,17). The number of para-hydroxylation sites is 1. The lowest BCUT2D eigenvalue weighted by Gasteiger charge is -2.37. The molecule has 2 rings (SSSR count). The molecule has 0 bridgehead atoms. The summed E-state index contributed by atoms with van der Waals surface area (Å²) in [6, 6.07) is 5.09. The molecule has 0 fully saturated rings. The molecule has 6 heteroatoms. The number of rotatable bonds is 1. The Balaban J connectivity index is 2.70. The first-order valence-corrected chi connectivity index (χ1v) is 8.40. The quantitative estimate of drug-likeness (QED) is 0.861. The van der Waals surface area contributed by atoms with Gasteiger partial charge in [0.25, 0.3) is 0 Å². The van der Waals surface area contributed by atoms with Gasteiger partial charge in [0.2, 0.25) is 5.91 Å². The summed E-state index contributed by atoms with van der Waals surface area (Å²) in [5.41, 5.74) is 0.954. The van der Waals surface area contributed by atoms with Crippen LogP contribution in [0.2, 0.25) is 0 Å². The van der Waals surface area contributed by atoms with E-state index in [1.54, 1.807) is 6.07 Å². The minimum Gasteiger partial charge on any atom is -0.364 e. The van der Waals surface area contributed by atoms with Gasteiger partial charge in [-0.3, -0.25) is 4.79 Å². The molecular formula is C14H20N2O3S. The summed E-state index contributed by atoms with van der Waals surface area (Å²) in [4.78, 5) is 14.1. The third kappa shape index (κ3) is 2.80. The number of amides is 1. The maximum Gasteiger partial charge on any atom is 0.226 e. The fourth-order valence-electron chi connectivity index (χ4n) is 2.41. The first-order valence-electron chi connectivity index (χ1n) is 6.51. The number of fused-ring (bicyclic) bond motifs is 1. The molecule has 1 N–H and O–H groups in total. The molecule has 0 atom stereocenters. The lowest BCUT2D eigenvalue weighted by molar-refractivity contribution is -0.116. The van der Waals surface area contributed by atoms with Crippen LogP contribution in [0.25, 0.3) is 0 Å². The first kappa shape index (κ1) is 14.8. The molecular weight excluding hydrogens is 276 g/mol. The number of carbonyl (C=O) groups is 1. The van der Waals surface area contributed by atoms with Crippen molar-refractivity contribution in [2.45, 2.75) is 37.6 Å². The van der Waals surface area contributed by atoms with Gasteiger partial charge in [0.1, 0.15) is 0 Å². The molecule has 0 unspecified atom stereocenters. The summed E-state index contributed by atoms with van der Waals surface area (Å²) in [5, 5.41) is 2.74. The van der Waals surface area contributed by atoms with E-state index in [0.29, 0.717) is 18.7 Å². The van der Waals surface area contributed by atoms with Crippen LogP contribution >= 0.6 is 0 Å². The van der Waals surface area contributed by atoms with Gasteiger partial charge in [-0.25, -0.2) is 8.42 Å². The van der Waals surface area contributed by atoms with Gasteiger partial charge in [-0.1, -0.05) is 6.07 Å². The average Bonchev–Trinajstić information content (AvgIpc) is 2.44. The Morgan fingerprint density at radius 1 is 1.25 bits per heavy atom. The SMILES string of the molecule is CC(C)(C)N1CCC(=O)Nc2c1cccc2S(C)(=O)=O. The summed E-state index contributed by atoms with van der Waals surface area (Å²) in [7, 11) is -3.39. The molecule has 0 spiro atoms. The number of nitrogens with one attached hydrogen (secondary N) is 1. The monoisotopic (exact) mass is 296 g/mol. The van der Waals surface area contributed by atoms with Gasteiger partial charge in [-0.05, 0) is 32.9 Å². The van der Waals surface area contributed by atoms with Crippen LogP contribution in [0.15, 0.2) is 23.1 Å². The van der Waals surface area contributed by atoms with E-state index in [1.807, 2.05) is 26.8 Å². The van der Waals surface area contributed by atoms with Crippen molar-refractivity contribution in [3.05, 3.63) is 18.2 Å². The van der Waals surface area contributed by atoms with Crippen LogP contribution in [0.5, 0.6) is 0 Å². The summed E-state index contributed by atoms with van der Waals surface area (Å²) in [6.07, 6.45) is 1.50. The highest BCUT2D eigenvalue weighted by atomic mass is 32.2. The normalized spacial score (nSPS) is 16.4. The maximum atomic E-state index is 11.9. The van der Waals surface area contributed by atoms with E-state index in [1.165, 1.54) is 6.07 Å². The van der Waals surface area contributed by atoms with Gasteiger partial charge in [-0.15, -0.1) is 0 Å². The van der Waals surface area contributed by atoms with Crippen LogP contribution in [0.4, 0.5) is 11.4 Å². The molecule has 1 amide bonds. The van der Waals surface area contributed by atoms with Crippen LogP contribution in [0.1, 0.15) is 27.2 Å². The third-order valence-corrected chi connectivity index (χ3v) is 4.47. The van der Waals surface area contributed by atoms with Gasteiger partial charge in [0.05, 0.1) is 16.3 Å². The molecule has 1 heterocycles. The zero-order valence-corrected chi connectivity index (χ0v) is 13.0. The van der Waals surface area contributed by atoms with Crippen LogP contribution in [-0.4, -0.2) is 32.7 Å². The van der Waals surface area contributed by atoms with Crippen molar-refractivity contribution in [1.29, 1.82) is 0 Å².